The van der Waals surface area contributed by atoms with Crippen molar-refractivity contribution >= 4 is 11.9 Å². The van der Waals surface area contributed by atoms with Gasteiger partial charge in [0.15, 0.2) is 5.78 Å². The zero-order chi connectivity index (χ0) is 17.4. The number of nitrogens with zero attached hydrogens (tertiary/aromatic N) is 2. The van der Waals surface area contributed by atoms with Gasteiger partial charge < -0.3 is 9.15 Å². The molecule has 0 aliphatic carbocycles. The Balaban J connectivity index is 1.96. The molecule has 0 spiro atoms. The molecule has 1 aliphatic rings. The molecule has 0 radical (unpaired) electrons. The lowest BCUT2D eigenvalue weighted by Gasteiger charge is -2.40. The van der Waals surface area contributed by atoms with Gasteiger partial charge in [-0.3, -0.25) is 9.69 Å². The lowest BCUT2D eigenvalue weighted by atomic mass is 9.93. The summed E-state index contributed by atoms with van der Waals surface area (Å²) < 4.78 is 10.7. The summed E-state index contributed by atoms with van der Waals surface area (Å²) in [7, 11) is 0. The Bertz CT molecular complexity index is 592. The largest absolute Gasteiger partial charge is 0.448 e. The number of rotatable bonds is 3. The van der Waals surface area contributed by atoms with E-state index in [4.69, 9.17) is 9.15 Å². The number of hydrogen-bond donors (Lipinski definition) is 0. The molecule has 1 fully saturated rings. The van der Waals surface area contributed by atoms with E-state index < -0.39 is 17.7 Å². The highest BCUT2D eigenvalue weighted by Gasteiger charge is 2.40. The summed E-state index contributed by atoms with van der Waals surface area (Å²) in [4.78, 5) is 30.3. The average Bonchev–Trinajstić information content (AvgIpc) is 2.72. The van der Waals surface area contributed by atoms with E-state index in [0.29, 0.717) is 18.9 Å². The molecule has 1 atom stereocenters. The smallest absolute Gasteiger partial charge is 0.410 e. The van der Waals surface area contributed by atoms with E-state index in [9.17, 15) is 9.59 Å². The predicted octanol–water partition coefficient (Wildman–Crippen LogP) is 3.09. The zero-order valence-corrected chi connectivity index (χ0v) is 14.8. The third kappa shape index (κ3) is 4.33. The number of ketones is 1. The number of carbonyl (C=O) groups is 2. The molecule has 0 unspecified atom stereocenters. The minimum Gasteiger partial charge on any atom is -0.448 e. The number of carbonyl (C=O) groups excluding carboxylic acids is 2. The van der Waals surface area contributed by atoms with Crippen LogP contribution in [0.5, 0.6) is 0 Å². The molecular weight excluding hydrogens is 296 g/mol. The fourth-order valence-corrected chi connectivity index (χ4v) is 2.26. The summed E-state index contributed by atoms with van der Waals surface area (Å²) in [5.74, 6) is 0.334. The van der Waals surface area contributed by atoms with E-state index in [2.05, 4.69) is 4.98 Å². The third-order valence-corrected chi connectivity index (χ3v) is 3.66. The molecule has 0 bridgehead atoms. The van der Waals surface area contributed by atoms with Crippen LogP contribution in [0.3, 0.4) is 0 Å². The van der Waals surface area contributed by atoms with Crippen molar-refractivity contribution in [3.05, 3.63) is 17.8 Å². The number of aromatic nitrogens is 1. The van der Waals surface area contributed by atoms with Crippen LogP contribution in [0.25, 0.3) is 0 Å². The van der Waals surface area contributed by atoms with E-state index >= 15 is 0 Å². The van der Waals surface area contributed by atoms with Crippen molar-refractivity contribution < 1.29 is 18.7 Å². The molecule has 0 N–H and O–H groups in total. The molecule has 2 heterocycles. The molecule has 1 amide bonds. The minimum atomic E-state index is -0.565. The number of ether oxygens (including phenoxy) is 1. The maximum atomic E-state index is 12.4. The third-order valence-electron chi connectivity index (χ3n) is 3.66. The van der Waals surface area contributed by atoms with E-state index in [1.807, 2.05) is 41.5 Å². The van der Waals surface area contributed by atoms with Crippen molar-refractivity contribution in [3.63, 3.8) is 0 Å². The Kier molecular flexibility index (Phi) is 4.55. The number of hydrogen-bond acceptors (Lipinski definition) is 5. The highest BCUT2D eigenvalue weighted by molar-refractivity contribution is 5.89. The normalized spacial score (nSPS) is 18.5. The molecule has 0 saturated carbocycles. The van der Waals surface area contributed by atoms with E-state index in [1.165, 1.54) is 4.90 Å². The predicted molar refractivity (Wildman–Crippen MR) is 85.3 cm³/mol. The molecule has 6 heteroatoms. The van der Waals surface area contributed by atoms with Gasteiger partial charge >= 0.3 is 6.09 Å². The maximum absolute atomic E-state index is 12.4. The summed E-state index contributed by atoms with van der Waals surface area (Å²) >= 11 is 0. The van der Waals surface area contributed by atoms with E-state index in [1.54, 1.807) is 6.26 Å². The second-order valence-electron chi connectivity index (χ2n) is 8.00. The first-order valence-electron chi connectivity index (χ1n) is 7.94. The second-order valence-corrected chi connectivity index (χ2v) is 8.00. The van der Waals surface area contributed by atoms with Crippen LogP contribution in [0.15, 0.2) is 10.7 Å². The Hall–Kier alpha value is -1.85. The van der Waals surface area contributed by atoms with Gasteiger partial charge in [0.05, 0.1) is 18.2 Å². The molecular formula is C17H26N2O4. The monoisotopic (exact) mass is 322 g/mol. The first-order valence-corrected chi connectivity index (χ1v) is 7.94. The highest BCUT2D eigenvalue weighted by Crippen LogP contribution is 2.25. The van der Waals surface area contributed by atoms with Crippen molar-refractivity contribution in [2.45, 2.75) is 71.4 Å². The molecule has 2 rings (SSSR count). The van der Waals surface area contributed by atoms with Crippen LogP contribution in [0.2, 0.25) is 0 Å². The fourth-order valence-electron chi connectivity index (χ4n) is 2.26. The van der Waals surface area contributed by atoms with Crippen molar-refractivity contribution in [3.8, 4) is 0 Å². The van der Waals surface area contributed by atoms with Crippen LogP contribution in [0.4, 0.5) is 4.79 Å². The Labute approximate surface area is 137 Å². The van der Waals surface area contributed by atoms with E-state index in [-0.39, 0.29) is 17.6 Å². The Morgan fingerprint density at radius 2 is 1.96 bits per heavy atom. The molecule has 6 nitrogen and oxygen atoms in total. The highest BCUT2D eigenvalue weighted by atomic mass is 16.6. The van der Waals surface area contributed by atoms with Crippen LogP contribution in [0.1, 0.15) is 59.5 Å². The topological polar surface area (TPSA) is 72.6 Å². The van der Waals surface area contributed by atoms with Crippen LogP contribution in [0, 0.1) is 0 Å². The number of likely N-dealkylation sites (tertiary alicyclic amines) is 1. The molecule has 23 heavy (non-hydrogen) atoms. The maximum Gasteiger partial charge on any atom is 0.410 e. The van der Waals surface area contributed by atoms with Gasteiger partial charge in [-0.05, 0) is 27.2 Å². The number of Topliss-reactive ketones (excluding diaryl/α,β-unsaturated/α-hetero) is 1. The van der Waals surface area contributed by atoms with Gasteiger partial charge in [-0.1, -0.05) is 20.8 Å². The number of oxazole rings is 1. The SMILES string of the molecule is CC(C)(C)OC(=O)N1CC[C@H]1C(=O)Cc1nc(C(C)(C)C)co1. The lowest BCUT2D eigenvalue weighted by Crippen LogP contribution is -2.56. The van der Waals surface area contributed by atoms with Gasteiger partial charge in [0.25, 0.3) is 0 Å². The summed E-state index contributed by atoms with van der Waals surface area (Å²) in [6.07, 6.45) is 1.91. The summed E-state index contributed by atoms with van der Waals surface area (Å²) in [5.41, 5.74) is 0.131. The van der Waals surface area contributed by atoms with Gasteiger partial charge in [-0.15, -0.1) is 0 Å². The summed E-state index contributed by atoms with van der Waals surface area (Å²) in [6, 6.07) is -0.435. The van der Waals surface area contributed by atoms with Crippen LogP contribution >= 0.6 is 0 Å². The molecule has 1 aromatic rings. The van der Waals surface area contributed by atoms with Crippen molar-refractivity contribution in [2.24, 2.45) is 0 Å². The van der Waals surface area contributed by atoms with Crippen LogP contribution in [-0.4, -0.2) is 39.9 Å². The minimum absolute atomic E-state index is 0.0654. The second kappa shape index (κ2) is 5.98. The molecule has 1 aromatic heterocycles. The number of amides is 1. The summed E-state index contributed by atoms with van der Waals surface area (Å²) in [5, 5.41) is 0. The van der Waals surface area contributed by atoms with Gasteiger partial charge in [0.1, 0.15) is 11.9 Å². The first-order chi connectivity index (χ1) is 10.5. The van der Waals surface area contributed by atoms with Gasteiger partial charge in [-0.2, -0.15) is 0 Å². The summed E-state index contributed by atoms with van der Waals surface area (Å²) in [6.45, 7) is 12.1. The first kappa shape index (κ1) is 17.5. The average molecular weight is 322 g/mol. The zero-order valence-electron chi connectivity index (χ0n) is 14.8. The van der Waals surface area contributed by atoms with Crippen molar-refractivity contribution in [1.82, 2.24) is 9.88 Å². The molecule has 0 aromatic carbocycles. The lowest BCUT2D eigenvalue weighted by molar-refractivity contribution is -0.128. The van der Waals surface area contributed by atoms with Gasteiger partial charge in [0.2, 0.25) is 5.89 Å². The Morgan fingerprint density at radius 3 is 2.39 bits per heavy atom. The van der Waals surface area contributed by atoms with E-state index in [0.717, 1.165) is 5.69 Å². The quantitative estimate of drug-likeness (QED) is 0.855. The Morgan fingerprint density at radius 1 is 1.30 bits per heavy atom. The van der Waals surface area contributed by atoms with Gasteiger partial charge in [0, 0.05) is 12.0 Å². The standard InChI is InChI=1S/C17H26N2O4/c1-16(2,3)13-10-22-14(18-13)9-12(20)11-7-8-19(11)15(21)23-17(4,5)6/h10-11H,7-9H2,1-6H3/t11-/m0/s1. The molecule has 1 aliphatic heterocycles. The fraction of sp³-hybridized carbons (Fsp3) is 0.706. The molecule has 1 saturated heterocycles. The van der Waals surface area contributed by atoms with Gasteiger partial charge in [-0.25, -0.2) is 9.78 Å². The molecule has 128 valence electrons. The van der Waals surface area contributed by atoms with Crippen LogP contribution in [-0.2, 0) is 21.4 Å². The van der Waals surface area contributed by atoms with Crippen molar-refractivity contribution in [1.29, 1.82) is 0 Å². The van der Waals surface area contributed by atoms with Crippen molar-refractivity contribution in [2.75, 3.05) is 6.54 Å². The van der Waals surface area contributed by atoms with Crippen LogP contribution < -0.4 is 0 Å².